The molecule has 3 aromatic rings. The van der Waals surface area contributed by atoms with Crippen molar-refractivity contribution < 1.29 is 4.74 Å². The highest BCUT2D eigenvalue weighted by atomic mass is 16.5. The van der Waals surface area contributed by atoms with E-state index in [4.69, 9.17) is 4.74 Å². The maximum Gasteiger partial charge on any atom is 0.250 e. The van der Waals surface area contributed by atoms with Gasteiger partial charge in [0.25, 0.3) is 0 Å². The van der Waals surface area contributed by atoms with Gasteiger partial charge in [-0.2, -0.15) is 4.52 Å². The van der Waals surface area contributed by atoms with Crippen molar-refractivity contribution in [1.29, 1.82) is 0 Å². The van der Waals surface area contributed by atoms with Crippen LogP contribution in [0.1, 0.15) is 30.1 Å². The van der Waals surface area contributed by atoms with E-state index in [1.165, 1.54) is 0 Å². The summed E-state index contributed by atoms with van der Waals surface area (Å²) >= 11 is 0. The van der Waals surface area contributed by atoms with Crippen LogP contribution in [0.2, 0.25) is 0 Å². The van der Waals surface area contributed by atoms with Gasteiger partial charge < -0.3 is 9.30 Å². The molecule has 0 atom stereocenters. The van der Waals surface area contributed by atoms with Crippen molar-refractivity contribution in [3.8, 4) is 5.88 Å². The van der Waals surface area contributed by atoms with Crippen LogP contribution in [0.5, 0.6) is 5.88 Å². The van der Waals surface area contributed by atoms with Gasteiger partial charge in [-0.15, -0.1) is 15.3 Å². The number of rotatable bonds is 4. The number of methoxy groups -OCH3 is 1. The first-order valence-corrected chi connectivity index (χ1v) is 8.78. The average molecular weight is 354 g/mol. The van der Waals surface area contributed by atoms with Gasteiger partial charge in [0.2, 0.25) is 11.4 Å². The molecule has 0 spiro atoms. The quantitative estimate of drug-likeness (QED) is 0.701. The molecule has 8 nitrogen and oxygen atoms in total. The Morgan fingerprint density at radius 3 is 2.69 bits per heavy atom. The SMILES string of the molecule is COc1ccc2nnc(C3CCN(Cc4ccc(=O)n(C)c4)CC3)n2n1. The number of aryl methyl sites for hydroxylation is 1. The maximum absolute atomic E-state index is 11.5. The highest BCUT2D eigenvalue weighted by Crippen LogP contribution is 2.27. The number of likely N-dealkylation sites (tertiary alicyclic amines) is 1. The number of aromatic nitrogens is 5. The minimum Gasteiger partial charge on any atom is -0.480 e. The highest BCUT2D eigenvalue weighted by molar-refractivity contribution is 5.38. The van der Waals surface area contributed by atoms with Crippen LogP contribution >= 0.6 is 0 Å². The fraction of sp³-hybridized carbons (Fsp3) is 0.444. The van der Waals surface area contributed by atoms with Crippen LogP contribution in [0.3, 0.4) is 0 Å². The zero-order valence-corrected chi connectivity index (χ0v) is 15.0. The fourth-order valence-corrected chi connectivity index (χ4v) is 3.50. The molecule has 0 aromatic carbocycles. The Bertz CT molecular complexity index is 971. The van der Waals surface area contributed by atoms with Gasteiger partial charge in [0, 0.05) is 37.8 Å². The number of fused-ring (bicyclic) bond motifs is 1. The van der Waals surface area contributed by atoms with E-state index in [-0.39, 0.29) is 5.56 Å². The van der Waals surface area contributed by atoms with Crippen LogP contribution in [0, 0.1) is 0 Å². The van der Waals surface area contributed by atoms with Crippen molar-refractivity contribution in [2.45, 2.75) is 25.3 Å². The summed E-state index contributed by atoms with van der Waals surface area (Å²) in [6.45, 7) is 2.81. The van der Waals surface area contributed by atoms with Crippen LogP contribution in [0.15, 0.2) is 35.3 Å². The lowest BCUT2D eigenvalue weighted by molar-refractivity contribution is 0.200. The molecule has 0 unspecified atom stereocenters. The minimum atomic E-state index is 0.0223. The third kappa shape index (κ3) is 3.20. The van der Waals surface area contributed by atoms with Crippen LogP contribution in [-0.4, -0.2) is 49.5 Å². The first-order valence-electron chi connectivity index (χ1n) is 8.78. The van der Waals surface area contributed by atoms with E-state index in [1.54, 1.807) is 35.4 Å². The molecule has 0 bridgehead atoms. The highest BCUT2D eigenvalue weighted by Gasteiger charge is 2.25. The summed E-state index contributed by atoms with van der Waals surface area (Å²) in [5.74, 6) is 1.80. The minimum absolute atomic E-state index is 0.0223. The smallest absolute Gasteiger partial charge is 0.250 e. The van der Waals surface area contributed by atoms with E-state index < -0.39 is 0 Å². The monoisotopic (exact) mass is 354 g/mol. The second kappa shape index (κ2) is 6.87. The molecular weight excluding hydrogens is 332 g/mol. The molecule has 0 aliphatic carbocycles. The molecule has 4 heterocycles. The summed E-state index contributed by atoms with van der Waals surface area (Å²) in [4.78, 5) is 13.9. The Morgan fingerprint density at radius 1 is 1.15 bits per heavy atom. The third-order valence-electron chi connectivity index (χ3n) is 4.98. The van der Waals surface area contributed by atoms with E-state index in [9.17, 15) is 4.79 Å². The van der Waals surface area contributed by atoms with Gasteiger partial charge in [-0.3, -0.25) is 9.69 Å². The Labute approximate surface area is 151 Å². The van der Waals surface area contributed by atoms with Gasteiger partial charge in [-0.05, 0) is 37.6 Å². The van der Waals surface area contributed by atoms with E-state index >= 15 is 0 Å². The molecule has 4 rings (SSSR count). The summed E-state index contributed by atoms with van der Waals surface area (Å²) in [6.07, 6.45) is 3.92. The zero-order valence-electron chi connectivity index (χ0n) is 15.0. The van der Waals surface area contributed by atoms with Crippen molar-refractivity contribution in [3.05, 3.63) is 52.2 Å². The van der Waals surface area contributed by atoms with Crippen LogP contribution in [-0.2, 0) is 13.6 Å². The number of ether oxygens (including phenoxy) is 1. The number of hydrogen-bond acceptors (Lipinski definition) is 6. The number of pyridine rings is 1. The molecule has 0 amide bonds. The molecule has 0 radical (unpaired) electrons. The summed E-state index contributed by atoms with van der Waals surface area (Å²) < 4.78 is 8.64. The van der Waals surface area contributed by atoms with Gasteiger partial charge in [0.1, 0.15) is 0 Å². The summed E-state index contributed by atoms with van der Waals surface area (Å²) in [7, 11) is 3.39. The lowest BCUT2D eigenvalue weighted by atomic mass is 9.96. The molecule has 3 aromatic heterocycles. The lowest BCUT2D eigenvalue weighted by Gasteiger charge is -2.31. The molecule has 1 saturated heterocycles. The first kappa shape index (κ1) is 16.7. The molecule has 0 N–H and O–H groups in total. The molecule has 136 valence electrons. The second-order valence-electron chi connectivity index (χ2n) is 6.74. The Hall–Kier alpha value is -2.74. The normalized spacial score (nSPS) is 16.2. The molecule has 26 heavy (non-hydrogen) atoms. The van der Waals surface area contributed by atoms with Crippen molar-refractivity contribution in [1.82, 2.24) is 29.3 Å². The van der Waals surface area contributed by atoms with Crippen LogP contribution < -0.4 is 10.3 Å². The summed E-state index contributed by atoms with van der Waals surface area (Å²) in [5, 5.41) is 13.0. The molecule has 1 fully saturated rings. The predicted molar refractivity (Wildman–Crippen MR) is 96.3 cm³/mol. The topological polar surface area (TPSA) is 77.6 Å². The molecule has 8 heteroatoms. The first-order chi connectivity index (χ1) is 12.6. The van der Waals surface area contributed by atoms with Gasteiger partial charge in [-0.25, -0.2) is 0 Å². The average Bonchev–Trinajstić information content (AvgIpc) is 3.08. The Morgan fingerprint density at radius 2 is 1.96 bits per heavy atom. The standard InChI is InChI=1S/C18H22N6O2/c1-22-11-13(3-6-17(22)25)12-23-9-7-14(8-10-23)18-20-19-15-4-5-16(26-2)21-24(15)18/h3-6,11,14H,7-10,12H2,1-2H3. The summed E-state index contributed by atoms with van der Waals surface area (Å²) in [5.41, 5.74) is 1.92. The largest absolute Gasteiger partial charge is 0.480 e. The maximum atomic E-state index is 11.5. The van der Waals surface area contributed by atoms with Crippen LogP contribution in [0.4, 0.5) is 0 Å². The van der Waals surface area contributed by atoms with E-state index in [2.05, 4.69) is 20.2 Å². The van der Waals surface area contributed by atoms with Gasteiger partial charge >= 0.3 is 0 Å². The third-order valence-corrected chi connectivity index (χ3v) is 4.98. The Kier molecular flexibility index (Phi) is 4.42. The van der Waals surface area contributed by atoms with Crippen LogP contribution in [0.25, 0.3) is 5.65 Å². The van der Waals surface area contributed by atoms with E-state index in [1.807, 2.05) is 18.3 Å². The van der Waals surface area contributed by atoms with Crippen molar-refractivity contribution in [3.63, 3.8) is 0 Å². The molecule has 1 aliphatic rings. The molecule has 1 aliphatic heterocycles. The fourth-order valence-electron chi connectivity index (χ4n) is 3.50. The van der Waals surface area contributed by atoms with Crippen molar-refractivity contribution in [2.75, 3.05) is 20.2 Å². The van der Waals surface area contributed by atoms with Gasteiger partial charge in [0.15, 0.2) is 11.5 Å². The van der Waals surface area contributed by atoms with Gasteiger partial charge in [0.05, 0.1) is 7.11 Å². The summed E-state index contributed by atoms with van der Waals surface area (Å²) in [6, 6.07) is 7.21. The predicted octanol–water partition coefficient (Wildman–Crippen LogP) is 1.21. The van der Waals surface area contributed by atoms with Gasteiger partial charge in [-0.1, -0.05) is 6.07 Å². The Balaban J connectivity index is 1.45. The van der Waals surface area contributed by atoms with Crippen molar-refractivity contribution >= 4 is 5.65 Å². The molecule has 0 saturated carbocycles. The number of nitrogens with zero attached hydrogens (tertiary/aromatic N) is 6. The van der Waals surface area contributed by atoms with Crippen molar-refractivity contribution in [2.24, 2.45) is 7.05 Å². The van der Waals surface area contributed by atoms with E-state index in [0.717, 1.165) is 49.5 Å². The second-order valence-corrected chi connectivity index (χ2v) is 6.74. The zero-order chi connectivity index (χ0) is 18.1. The molecular formula is C18H22N6O2. The van der Waals surface area contributed by atoms with E-state index in [0.29, 0.717) is 11.8 Å². The lowest BCUT2D eigenvalue weighted by Crippen LogP contribution is -2.33. The number of hydrogen-bond donors (Lipinski definition) is 0. The number of piperidine rings is 1.